The Balaban J connectivity index is 1.88. The molecule has 1 nitrogen and oxygen atoms in total. The van der Waals surface area contributed by atoms with E-state index in [1.165, 1.54) is 44.6 Å². The first-order valence-corrected chi connectivity index (χ1v) is 8.10. The first kappa shape index (κ1) is 15.0. The van der Waals surface area contributed by atoms with Crippen LogP contribution in [0.1, 0.15) is 44.1 Å². The van der Waals surface area contributed by atoms with Gasteiger partial charge in [0.15, 0.2) is 0 Å². The molecule has 0 radical (unpaired) electrons. The van der Waals surface area contributed by atoms with Crippen LogP contribution in [0.5, 0.6) is 0 Å². The van der Waals surface area contributed by atoms with E-state index in [2.05, 4.69) is 21.2 Å². The van der Waals surface area contributed by atoms with Gasteiger partial charge in [-0.3, -0.25) is 0 Å². The van der Waals surface area contributed by atoms with Gasteiger partial charge in [-0.25, -0.2) is 4.39 Å². The van der Waals surface area contributed by atoms with Crippen molar-refractivity contribution >= 4 is 15.9 Å². The molecule has 3 heteroatoms. The minimum absolute atomic E-state index is 0.164. The van der Waals surface area contributed by atoms with Crippen molar-refractivity contribution in [1.82, 2.24) is 5.32 Å². The molecule has 1 aromatic rings. The Bertz CT molecular complexity index is 402. The molecule has 1 aromatic carbocycles. The molecule has 1 aliphatic rings. The Morgan fingerprint density at radius 1 is 1.37 bits per heavy atom. The van der Waals surface area contributed by atoms with E-state index in [0.717, 1.165) is 17.9 Å². The Hall–Kier alpha value is -0.410. The predicted octanol–water partition coefficient (Wildman–Crippen LogP) is 4.69. The van der Waals surface area contributed by atoms with E-state index in [-0.39, 0.29) is 5.82 Å². The van der Waals surface area contributed by atoms with Crippen molar-refractivity contribution in [3.8, 4) is 0 Å². The second-order valence-electron chi connectivity index (χ2n) is 5.63. The van der Waals surface area contributed by atoms with Crippen LogP contribution in [-0.2, 0) is 6.42 Å². The molecule has 0 saturated heterocycles. The average molecular weight is 328 g/mol. The van der Waals surface area contributed by atoms with Crippen LogP contribution < -0.4 is 5.32 Å². The highest BCUT2D eigenvalue weighted by Gasteiger charge is 2.18. The van der Waals surface area contributed by atoms with Crippen LogP contribution >= 0.6 is 15.9 Å². The zero-order valence-electron chi connectivity index (χ0n) is 11.6. The van der Waals surface area contributed by atoms with Crippen molar-refractivity contribution in [2.24, 2.45) is 5.92 Å². The van der Waals surface area contributed by atoms with E-state index in [1.54, 1.807) is 6.07 Å². The van der Waals surface area contributed by atoms with E-state index >= 15 is 0 Å². The molecular weight excluding hydrogens is 305 g/mol. The maximum absolute atomic E-state index is 13.5. The fraction of sp³-hybridized carbons (Fsp3) is 0.625. The van der Waals surface area contributed by atoms with Crippen molar-refractivity contribution in [2.45, 2.75) is 51.0 Å². The van der Waals surface area contributed by atoms with Crippen molar-refractivity contribution < 1.29 is 4.39 Å². The standard InChI is InChI=1S/C16H23BrFN/c1-19-14(10-9-12-5-2-3-6-12)11-13-7-4-8-15(18)16(13)17/h4,7-8,12,14,19H,2-3,5-6,9-11H2,1H3. The summed E-state index contributed by atoms with van der Waals surface area (Å²) in [7, 11) is 2.01. The van der Waals surface area contributed by atoms with Crippen molar-refractivity contribution in [3.05, 3.63) is 34.1 Å². The van der Waals surface area contributed by atoms with Crippen molar-refractivity contribution in [2.75, 3.05) is 7.05 Å². The Labute approximate surface area is 124 Å². The molecule has 0 amide bonds. The van der Waals surface area contributed by atoms with E-state index in [1.807, 2.05) is 13.1 Å². The van der Waals surface area contributed by atoms with Gasteiger partial charge in [0.2, 0.25) is 0 Å². The molecule has 1 atom stereocenters. The maximum atomic E-state index is 13.5. The van der Waals surface area contributed by atoms with E-state index in [0.29, 0.717) is 10.5 Å². The Kier molecular flexibility index (Phi) is 5.83. The fourth-order valence-corrected chi connectivity index (χ4v) is 3.48. The highest BCUT2D eigenvalue weighted by Crippen LogP contribution is 2.29. The molecule has 1 saturated carbocycles. The minimum atomic E-state index is -0.164. The Morgan fingerprint density at radius 2 is 2.11 bits per heavy atom. The summed E-state index contributed by atoms with van der Waals surface area (Å²) in [6.45, 7) is 0. The molecule has 1 fully saturated rings. The second kappa shape index (κ2) is 7.39. The van der Waals surface area contributed by atoms with Gasteiger partial charge in [-0.05, 0) is 59.8 Å². The van der Waals surface area contributed by atoms with Crippen LogP contribution in [0.15, 0.2) is 22.7 Å². The number of hydrogen-bond acceptors (Lipinski definition) is 1. The predicted molar refractivity (Wildman–Crippen MR) is 81.8 cm³/mol. The van der Waals surface area contributed by atoms with Crippen molar-refractivity contribution in [3.63, 3.8) is 0 Å². The van der Waals surface area contributed by atoms with Crippen LogP contribution in [-0.4, -0.2) is 13.1 Å². The van der Waals surface area contributed by atoms with Gasteiger partial charge < -0.3 is 5.32 Å². The quantitative estimate of drug-likeness (QED) is 0.799. The summed E-state index contributed by atoms with van der Waals surface area (Å²) in [5.74, 6) is 0.759. The zero-order valence-corrected chi connectivity index (χ0v) is 13.2. The first-order chi connectivity index (χ1) is 9.20. The molecule has 1 N–H and O–H groups in total. The lowest BCUT2D eigenvalue weighted by Crippen LogP contribution is -2.28. The van der Waals surface area contributed by atoms with Gasteiger partial charge in [0.25, 0.3) is 0 Å². The summed E-state index contributed by atoms with van der Waals surface area (Å²) in [6.07, 6.45) is 9.00. The number of benzene rings is 1. The van der Waals surface area contributed by atoms with Gasteiger partial charge in [0.1, 0.15) is 5.82 Å². The lowest BCUT2D eigenvalue weighted by Gasteiger charge is -2.19. The van der Waals surface area contributed by atoms with Gasteiger partial charge in [-0.1, -0.05) is 37.8 Å². The van der Waals surface area contributed by atoms with E-state index in [4.69, 9.17) is 0 Å². The van der Waals surface area contributed by atoms with Gasteiger partial charge >= 0.3 is 0 Å². The lowest BCUT2D eigenvalue weighted by molar-refractivity contribution is 0.417. The molecule has 0 bridgehead atoms. The summed E-state index contributed by atoms with van der Waals surface area (Å²) in [4.78, 5) is 0. The SMILES string of the molecule is CNC(CCC1CCCC1)Cc1cccc(F)c1Br. The third-order valence-electron chi connectivity index (χ3n) is 4.30. The summed E-state index contributed by atoms with van der Waals surface area (Å²) in [5, 5.41) is 3.38. The van der Waals surface area contributed by atoms with Crippen molar-refractivity contribution in [1.29, 1.82) is 0 Å². The van der Waals surface area contributed by atoms with Gasteiger partial charge in [0, 0.05) is 6.04 Å². The molecule has 0 aliphatic heterocycles. The Morgan fingerprint density at radius 3 is 2.79 bits per heavy atom. The molecule has 1 aliphatic carbocycles. The first-order valence-electron chi connectivity index (χ1n) is 7.31. The minimum Gasteiger partial charge on any atom is -0.317 e. The van der Waals surface area contributed by atoms with Gasteiger partial charge in [-0.15, -0.1) is 0 Å². The largest absolute Gasteiger partial charge is 0.317 e. The third-order valence-corrected chi connectivity index (χ3v) is 5.19. The highest BCUT2D eigenvalue weighted by molar-refractivity contribution is 9.10. The topological polar surface area (TPSA) is 12.0 Å². The van der Waals surface area contributed by atoms with E-state index < -0.39 is 0 Å². The van der Waals surface area contributed by atoms with Crippen LogP contribution in [0.25, 0.3) is 0 Å². The van der Waals surface area contributed by atoms with Gasteiger partial charge in [0.05, 0.1) is 4.47 Å². The average Bonchev–Trinajstić information content (AvgIpc) is 2.92. The highest BCUT2D eigenvalue weighted by atomic mass is 79.9. The number of hydrogen-bond donors (Lipinski definition) is 1. The molecule has 0 spiro atoms. The third kappa shape index (κ3) is 4.28. The molecule has 1 unspecified atom stereocenters. The molecule has 2 rings (SSSR count). The summed E-state index contributed by atoms with van der Waals surface area (Å²) >= 11 is 3.35. The van der Waals surface area contributed by atoms with Crippen LogP contribution in [0.4, 0.5) is 4.39 Å². The lowest BCUT2D eigenvalue weighted by atomic mass is 9.95. The fourth-order valence-electron chi connectivity index (χ4n) is 3.06. The van der Waals surface area contributed by atoms with Crippen LogP contribution in [0.3, 0.4) is 0 Å². The molecule has 0 heterocycles. The molecule has 0 aromatic heterocycles. The summed E-state index contributed by atoms with van der Waals surface area (Å²) in [5.41, 5.74) is 1.06. The molecule has 106 valence electrons. The van der Waals surface area contributed by atoms with Crippen LogP contribution in [0, 0.1) is 11.7 Å². The monoisotopic (exact) mass is 327 g/mol. The van der Waals surface area contributed by atoms with Gasteiger partial charge in [-0.2, -0.15) is 0 Å². The van der Waals surface area contributed by atoms with Crippen LogP contribution in [0.2, 0.25) is 0 Å². The molecule has 19 heavy (non-hydrogen) atoms. The summed E-state index contributed by atoms with van der Waals surface area (Å²) < 4.78 is 14.1. The number of rotatable bonds is 6. The maximum Gasteiger partial charge on any atom is 0.137 e. The van der Waals surface area contributed by atoms with E-state index in [9.17, 15) is 4.39 Å². The number of nitrogens with one attached hydrogen (secondary N) is 1. The number of halogens is 2. The second-order valence-corrected chi connectivity index (χ2v) is 6.42. The molecular formula is C16H23BrFN. The smallest absolute Gasteiger partial charge is 0.137 e. The zero-order chi connectivity index (χ0) is 13.7. The summed E-state index contributed by atoms with van der Waals surface area (Å²) in [6, 6.07) is 5.74. The number of likely N-dealkylation sites (N-methyl/N-ethyl adjacent to an activating group) is 1. The normalized spacial score (nSPS) is 17.8.